The zero-order chi connectivity index (χ0) is 13.7. The zero-order valence-corrected chi connectivity index (χ0v) is 10.9. The van der Waals surface area contributed by atoms with Crippen molar-refractivity contribution < 1.29 is 18.8 Å². The number of ether oxygens (including phenoxy) is 1. The number of carbonyl (C=O) groups is 2. The minimum atomic E-state index is -0.717. The van der Waals surface area contributed by atoms with Crippen LogP contribution in [0, 0.1) is 6.92 Å². The van der Waals surface area contributed by atoms with Crippen LogP contribution in [0.4, 0.5) is 4.79 Å². The molecule has 0 saturated heterocycles. The van der Waals surface area contributed by atoms with Crippen LogP contribution in [0.1, 0.15) is 48.5 Å². The Labute approximate surface area is 105 Å². The molecule has 0 unspecified atom stereocenters. The van der Waals surface area contributed by atoms with Crippen LogP contribution in [0.15, 0.2) is 4.52 Å². The average Bonchev–Trinajstić information content (AvgIpc) is 2.68. The molecular weight excluding hydrogens is 238 g/mol. The fourth-order valence-corrected chi connectivity index (χ4v) is 1.39. The Morgan fingerprint density at radius 2 is 2.06 bits per heavy atom. The predicted molar refractivity (Wildman–Crippen MR) is 63.0 cm³/mol. The number of aryl methyl sites for hydroxylation is 1. The summed E-state index contributed by atoms with van der Waals surface area (Å²) in [6, 6.07) is 0. The van der Waals surface area contributed by atoms with Crippen molar-refractivity contribution in [2.45, 2.75) is 33.6 Å². The zero-order valence-electron chi connectivity index (χ0n) is 10.9. The van der Waals surface area contributed by atoms with Crippen molar-refractivity contribution >= 4 is 12.0 Å². The molecule has 1 rings (SSSR count). The van der Waals surface area contributed by atoms with E-state index in [4.69, 9.17) is 4.52 Å². The van der Waals surface area contributed by atoms with E-state index < -0.39 is 12.0 Å². The van der Waals surface area contributed by atoms with Crippen molar-refractivity contribution in [1.29, 1.82) is 0 Å². The fourth-order valence-electron chi connectivity index (χ4n) is 1.39. The highest BCUT2D eigenvalue weighted by atomic mass is 16.6. The number of hydrazine groups is 1. The second kappa shape index (κ2) is 6.04. The highest BCUT2D eigenvalue weighted by Gasteiger charge is 2.22. The number of carbonyl (C=O) groups excluding carboxylic acids is 2. The topological polar surface area (TPSA) is 93.5 Å². The molecule has 0 fully saturated rings. The Hall–Kier alpha value is -2.05. The van der Waals surface area contributed by atoms with E-state index in [1.807, 2.05) is 13.8 Å². The third-order valence-electron chi connectivity index (χ3n) is 2.19. The van der Waals surface area contributed by atoms with Gasteiger partial charge in [-0.25, -0.2) is 10.2 Å². The first kappa shape index (κ1) is 14.0. The monoisotopic (exact) mass is 255 g/mol. The van der Waals surface area contributed by atoms with Gasteiger partial charge in [-0.1, -0.05) is 19.0 Å². The molecule has 0 aromatic carbocycles. The Morgan fingerprint density at radius 1 is 1.39 bits per heavy atom. The third-order valence-corrected chi connectivity index (χ3v) is 2.19. The van der Waals surface area contributed by atoms with Gasteiger partial charge < -0.3 is 9.26 Å². The minimum absolute atomic E-state index is 0.0227. The maximum absolute atomic E-state index is 11.9. The van der Waals surface area contributed by atoms with Gasteiger partial charge in [-0.05, 0) is 13.8 Å². The number of hydrogen-bond acceptors (Lipinski definition) is 5. The van der Waals surface area contributed by atoms with Gasteiger partial charge in [-0.3, -0.25) is 10.2 Å². The summed E-state index contributed by atoms with van der Waals surface area (Å²) in [6.07, 6.45) is -0.717. The maximum Gasteiger partial charge on any atom is 0.426 e. The van der Waals surface area contributed by atoms with Crippen LogP contribution in [-0.2, 0) is 4.74 Å². The molecule has 0 bridgehead atoms. The number of aromatic nitrogens is 1. The summed E-state index contributed by atoms with van der Waals surface area (Å²) in [5.41, 5.74) is 5.19. The summed E-state index contributed by atoms with van der Waals surface area (Å²) < 4.78 is 9.69. The molecule has 0 aliphatic heterocycles. The van der Waals surface area contributed by atoms with E-state index in [0.717, 1.165) is 0 Å². The van der Waals surface area contributed by atoms with E-state index in [-0.39, 0.29) is 12.5 Å². The van der Waals surface area contributed by atoms with E-state index in [1.54, 1.807) is 13.8 Å². The van der Waals surface area contributed by atoms with E-state index >= 15 is 0 Å². The number of nitrogens with zero attached hydrogens (tertiary/aromatic N) is 1. The van der Waals surface area contributed by atoms with Crippen molar-refractivity contribution in [3.05, 3.63) is 17.0 Å². The summed E-state index contributed by atoms with van der Waals surface area (Å²) >= 11 is 0. The largest absolute Gasteiger partial charge is 0.449 e. The summed E-state index contributed by atoms with van der Waals surface area (Å²) in [4.78, 5) is 22.9. The molecule has 100 valence electrons. The standard InChI is InChI=1S/C11H17N3O4/c1-5-17-11(16)13-12-10(15)8-7(4)14-18-9(8)6(2)3/h6H,5H2,1-4H3,(H,12,15)(H,13,16). The molecule has 2 amide bonds. The smallest absolute Gasteiger partial charge is 0.426 e. The van der Waals surface area contributed by atoms with Gasteiger partial charge in [0.25, 0.3) is 5.91 Å². The number of rotatable bonds is 3. The van der Waals surface area contributed by atoms with Gasteiger partial charge in [0.05, 0.1) is 12.3 Å². The average molecular weight is 255 g/mol. The maximum atomic E-state index is 11.9. The van der Waals surface area contributed by atoms with Gasteiger partial charge in [0.1, 0.15) is 5.56 Å². The lowest BCUT2D eigenvalue weighted by atomic mass is 10.1. The molecule has 7 nitrogen and oxygen atoms in total. The van der Waals surface area contributed by atoms with E-state index in [1.165, 1.54) is 0 Å². The van der Waals surface area contributed by atoms with Crippen LogP contribution in [-0.4, -0.2) is 23.8 Å². The van der Waals surface area contributed by atoms with E-state index in [9.17, 15) is 9.59 Å². The number of nitrogens with one attached hydrogen (secondary N) is 2. The lowest BCUT2D eigenvalue weighted by Gasteiger charge is -2.08. The van der Waals surface area contributed by atoms with Gasteiger partial charge in [-0.15, -0.1) is 0 Å². The molecule has 1 aromatic rings. The van der Waals surface area contributed by atoms with Crippen LogP contribution >= 0.6 is 0 Å². The molecule has 0 atom stereocenters. The normalized spacial score (nSPS) is 10.3. The van der Waals surface area contributed by atoms with Crippen molar-refractivity contribution in [1.82, 2.24) is 16.0 Å². The molecule has 0 aliphatic carbocycles. The van der Waals surface area contributed by atoms with Crippen LogP contribution in [0.2, 0.25) is 0 Å². The van der Waals surface area contributed by atoms with E-state index in [0.29, 0.717) is 17.0 Å². The summed E-state index contributed by atoms with van der Waals surface area (Å²) in [6.45, 7) is 7.33. The molecule has 18 heavy (non-hydrogen) atoms. The molecule has 2 N–H and O–H groups in total. The highest BCUT2D eigenvalue weighted by Crippen LogP contribution is 2.21. The van der Waals surface area contributed by atoms with Crippen LogP contribution in [0.5, 0.6) is 0 Å². The van der Waals surface area contributed by atoms with E-state index in [2.05, 4.69) is 20.7 Å². The second-order valence-electron chi connectivity index (χ2n) is 3.96. The summed E-state index contributed by atoms with van der Waals surface area (Å²) in [5, 5.41) is 3.74. The molecular formula is C11H17N3O4. The molecule has 7 heteroatoms. The molecule has 0 saturated carbocycles. The van der Waals surface area contributed by atoms with Crippen molar-refractivity contribution in [3.63, 3.8) is 0 Å². The molecule has 1 heterocycles. The number of amides is 2. The van der Waals surface area contributed by atoms with Gasteiger partial charge in [-0.2, -0.15) is 0 Å². The Balaban J connectivity index is 2.72. The highest BCUT2D eigenvalue weighted by molar-refractivity contribution is 5.96. The van der Waals surface area contributed by atoms with Crippen LogP contribution < -0.4 is 10.9 Å². The fraction of sp³-hybridized carbons (Fsp3) is 0.545. The lowest BCUT2D eigenvalue weighted by molar-refractivity contribution is 0.0909. The third kappa shape index (κ3) is 3.22. The van der Waals surface area contributed by atoms with Gasteiger partial charge in [0.15, 0.2) is 5.76 Å². The molecule has 1 aromatic heterocycles. The Kier molecular flexibility index (Phi) is 4.70. The number of hydrogen-bond donors (Lipinski definition) is 2. The first-order valence-electron chi connectivity index (χ1n) is 5.66. The van der Waals surface area contributed by atoms with Crippen molar-refractivity contribution in [2.75, 3.05) is 6.61 Å². The SMILES string of the molecule is CCOC(=O)NNC(=O)c1c(C)noc1C(C)C. The quantitative estimate of drug-likeness (QED) is 0.798. The van der Waals surface area contributed by atoms with Crippen molar-refractivity contribution in [2.24, 2.45) is 0 Å². The van der Waals surface area contributed by atoms with Gasteiger partial charge in [0, 0.05) is 5.92 Å². The lowest BCUT2D eigenvalue weighted by Crippen LogP contribution is -2.42. The first-order chi connectivity index (χ1) is 8.47. The first-order valence-corrected chi connectivity index (χ1v) is 5.66. The van der Waals surface area contributed by atoms with Gasteiger partial charge in [0.2, 0.25) is 0 Å². The predicted octanol–water partition coefficient (Wildman–Crippen LogP) is 1.50. The second-order valence-corrected chi connectivity index (χ2v) is 3.96. The summed E-state index contributed by atoms with van der Waals surface area (Å²) in [7, 11) is 0. The molecule has 0 aliphatic rings. The Morgan fingerprint density at radius 3 is 2.61 bits per heavy atom. The van der Waals surface area contributed by atoms with Gasteiger partial charge >= 0.3 is 6.09 Å². The Bertz CT molecular complexity index is 439. The summed E-state index contributed by atoms with van der Waals surface area (Å²) in [5.74, 6) is 0.0238. The van der Waals surface area contributed by atoms with Crippen LogP contribution in [0.25, 0.3) is 0 Å². The van der Waals surface area contributed by atoms with Crippen molar-refractivity contribution in [3.8, 4) is 0 Å². The minimum Gasteiger partial charge on any atom is -0.449 e. The molecule has 0 spiro atoms. The van der Waals surface area contributed by atoms with Crippen LogP contribution in [0.3, 0.4) is 0 Å². The molecule has 0 radical (unpaired) electrons.